The number of thiophene rings is 1. The third kappa shape index (κ3) is 3.86. The third-order valence-electron chi connectivity index (χ3n) is 2.95. The third-order valence-corrected chi connectivity index (χ3v) is 5.36. The number of carboxylic acids is 1. The highest BCUT2D eigenvalue weighted by Crippen LogP contribution is 2.26. The fourth-order valence-electron chi connectivity index (χ4n) is 1.77. The second-order valence-corrected chi connectivity index (χ2v) is 6.84. The zero-order chi connectivity index (χ0) is 16.9. The Hall–Kier alpha value is -1.86. The first-order valence-electron chi connectivity index (χ1n) is 6.73. The van der Waals surface area contributed by atoms with Gasteiger partial charge in [-0.05, 0) is 42.5 Å². The second-order valence-electron chi connectivity index (χ2n) is 4.27. The van der Waals surface area contributed by atoms with E-state index in [9.17, 15) is 13.2 Å². The molecule has 22 heavy (non-hydrogen) atoms. The molecule has 0 atom stereocenters. The van der Waals surface area contributed by atoms with Gasteiger partial charge in [0.15, 0.2) is 0 Å². The Kier molecular flexibility index (Phi) is 6.13. The number of aryl methyl sites for hydroxylation is 1. The lowest BCUT2D eigenvalue weighted by atomic mass is 10.1. The van der Waals surface area contributed by atoms with E-state index in [-0.39, 0.29) is 15.5 Å². The van der Waals surface area contributed by atoms with Crippen molar-refractivity contribution in [1.82, 2.24) is 0 Å². The van der Waals surface area contributed by atoms with Crippen LogP contribution in [-0.2, 0) is 10.0 Å². The number of carboxylic acid groups (broad SMARTS) is 1. The van der Waals surface area contributed by atoms with E-state index in [1.807, 2.05) is 26.8 Å². The average molecular weight is 341 g/mol. The van der Waals surface area contributed by atoms with Crippen molar-refractivity contribution in [2.24, 2.45) is 0 Å². The molecule has 5 nitrogen and oxygen atoms in total. The molecule has 2 N–H and O–H groups in total. The van der Waals surface area contributed by atoms with Crippen LogP contribution in [0.4, 0.5) is 5.69 Å². The highest BCUT2D eigenvalue weighted by Gasteiger charge is 2.21. The fraction of sp³-hybridized carbons (Fsp3) is 0.267. The summed E-state index contributed by atoms with van der Waals surface area (Å²) < 4.78 is 27.0. The van der Waals surface area contributed by atoms with Gasteiger partial charge in [0.05, 0.1) is 10.6 Å². The van der Waals surface area contributed by atoms with Crippen molar-refractivity contribution in [3.8, 4) is 0 Å². The largest absolute Gasteiger partial charge is 0.477 e. The maximum absolute atomic E-state index is 12.3. The zero-order valence-electron chi connectivity index (χ0n) is 12.9. The van der Waals surface area contributed by atoms with Gasteiger partial charge in [-0.2, -0.15) is 0 Å². The monoisotopic (exact) mass is 341 g/mol. The van der Waals surface area contributed by atoms with Gasteiger partial charge >= 0.3 is 5.97 Å². The van der Waals surface area contributed by atoms with Gasteiger partial charge in [0.1, 0.15) is 4.88 Å². The highest BCUT2D eigenvalue weighted by atomic mass is 32.2. The summed E-state index contributed by atoms with van der Waals surface area (Å²) in [5.41, 5.74) is 1.59. The Labute approximate surface area is 134 Å². The number of sulfonamides is 1. The molecule has 0 amide bonds. The molecule has 1 heterocycles. The summed E-state index contributed by atoms with van der Waals surface area (Å²) in [7, 11) is -3.80. The first-order chi connectivity index (χ1) is 10.3. The molecule has 0 aliphatic rings. The maximum atomic E-state index is 12.3. The van der Waals surface area contributed by atoms with Crippen molar-refractivity contribution in [2.75, 3.05) is 4.72 Å². The number of anilines is 1. The molecular formula is C15H19NO4S2. The summed E-state index contributed by atoms with van der Waals surface area (Å²) >= 11 is 0.974. The SMILES string of the molecule is CC.Cc1cccc(S(=O)(=O)Nc2ccsc2C(=O)O)c1C. The molecule has 2 aromatic rings. The first kappa shape index (κ1) is 18.2. The molecule has 0 saturated heterocycles. The van der Waals surface area contributed by atoms with Gasteiger partial charge in [-0.15, -0.1) is 11.3 Å². The van der Waals surface area contributed by atoms with E-state index in [0.717, 1.165) is 16.9 Å². The Morgan fingerprint density at radius 3 is 2.41 bits per heavy atom. The van der Waals surface area contributed by atoms with Gasteiger partial charge < -0.3 is 5.11 Å². The molecule has 0 unspecified atom stereocenters. The predicted molar refractivity (Wildman–Crippen MR) is 89.4 cm³/mol. The normalized spacial score (nSPS) is 10.5. The van der Waals surface area contributed by atoms with Crippen LogP contribution in [0.1, 0.15) is 34.6 Å². The number of aromatic carboxylic acids is 1. The minimum Gasteiger partial charge on any atom is -0.477 e. The number of hydrogen-bond donors (Lipinski definition) is 2. The van der Waals surface area contributed by atoms with Crippen LogP contribution < -0.4 is 4.72 Å². The van der Waals surface area contributed by atoms with Crippen molar-refractivity contribution in [2.45, 2.75) is 32.6 Å². The molecule has 0 saturated carbocycles. The molecule has 120 valence electrons. The lowest BCUT2D eigenvalue weighted by Crippen LogP contribution is -2.15. The Bertz CT molecular complexity index is 764. The lowest BCUT2D eigenvalue weighted by molar-refractivity contribution is 0.0703. The highest BCUT2D eigenvalue weighted by molar-refractivity contribution is 7.92. The Morgan fingerprint density at radius 2 is 1.82 bits per heavy atom. The number of carbonyl (C=O) groups is 1. The summed E-state index contributed by atoms with van der Waals surface area (Å²) in [5.74, 6) is -1.15. The van der Waals surface area contributed by atoms with Crippen LogP contribution in [0.5, 0.6) is 0 Å². The van der Waals surface area contributed by atoms with E-state index < -0.39 is 16.0 Å². The molecule has 1 aromatic carbocycles. The van der Waals surface area contributed by atoms with Gasteiger partial charge in [0, 0.05) is 0 Å². The van der Waals surface area contributed by atoms with E-state index in [2.05, 4.69) is 4.72 Å². The Morgan fingerprint density at radius 1 is 1.18 bits per heavy atom. The predicted octanol–water partition coefficient (Wildman–Crippen LogP) is 3.89. The second kappa shape index (κ2) is 7.42. The van der Waals surface area contributed by atoms with Crippen molar-refractivity contribution in [1.29, 1.82) is 0 Å². The van der Waals surface area contributed by atoms with E-state index in [1.54, 1.807) is 13.0 Å². The van der Waals surface area contributed by atoms with Gasteiger partial charge in [-0.1, -0.05) is 26.0 Å². The van der Waals surface area contributed by atoms with Gasteiger partial charge in [-0.3, -0.25) is 4.72 Å². The van der Waals surface area contributed by atoms with E-state index in [0.29, 0.717) is 5.56 Å². The number of benzene rings is 1. The summed E-state index contributed by atoms with van der Waals surface area (Å²) in [6, 6.07) is 6.42. The quantitative estimate of drug-likeness (QED) is 0.883. The van der Waals surface area contributed by atoms with E-state index >= 15 is 0 Å². The van der Waals surface area contributed by atoms with Crippen LogP contribution in [0, 0.1) is 13.8 Å². The standard InChI is InChI=1S/C13H13NO4S2.C2H6/c1-8-4-3-5-11(9(8)2)20(17,18)14-10-6-7-19-12(10)13(15)16;1-2/h3-7,14H,1-2H3,(H,15,16);1-2H3. The molecular weight excluding hydrogens is 322 g/mol. The number of hydrogen-bond acceptors (Lipinski definition) is 4. The first-order valence-corrected chi connectivity index (χ1v) is 9.09. The van der Waals surface area contributed by atoms with Crippen molar-refractivity contribution in [3.63, 3.8) is 0 Å². The molecule has 0 fully saturated rings. The van der Waals surface area contributed by atoms with E-state index in [4.69, 9.17) is 5.11 Å². The molecule has 7 heteroatoms. The average Bonchev–Trinajstić information content (AvgIpc) is 2.91. The molecule has 0 aliphatic heterocycles. The molecule has 0 aliphatic carbocycles. The van der Waals surface area contributed by atoms with E-state index in [1.165, 1.54) is 17.5 Å². The van der Waals surface area contributed by atoms with Crippen LogP contribution in [0.15, 0.2) is 34.5 Å². The van der Waals surface area contributed by atoms with Crippen LogP contribution in [0.2, 0.25) is 0 Å². The maximum Gasteiger partial charge on any atom is 0.348 e. The minimum absolute atomic E-state index is 0.0288. The molecule has 1 aromatic heterocycles. The van der Waals surface area contributed by atoms with Crippen LogP contribution in [0.25, 0.3) is 0 Å². The Balaban J connectivity index is 0.00000116. The summed E-state index contributed by atoms with van der Waals surface area (Å²) in [6.45, 7) is 7.54. The number of nitrogens with one attached hydrogen (secondary N) is 1. The van der Waals surface area contributed by atoms with Gasteiger partial charge in [0.2, 0.25) is 0 Å². The number of rotatable bonds is 4. The molecule has 0 spiro atoms. The summed E-state index contributed by atoms with van der Waals surface area (Å²) in [5, 5.41) is 10.5. The minimum atomic E-state index is -3.80. The van der Waals surface area contributed by atoms with Gasteiger partial charge in [0.25, 0.3) is 10.0 Å². The summed E-state index contributed by atoms with van der Waals surface area (Å²) in [4.78, 5) is 11.1. The van der Waals surface area contributed by atoms with Crippen LogP contribution >= 0.6 is 11.3 Å². The molecule has 0 bridgehead atoms. The molecule has 0 radical (unpaired) electrons. The lowest BCUT2D eigenvalue weighted by Gasteiger charge is -2.11. The summed E-state index contributed by atoms with van der Waals surface area (Å²) in [6.07, 6.45) is 0. The van der Waals surface area contributed by atoms with Crippen LogP contribution in [-0.4, -0.2) is 19.5 Å². The smallest absolute Gasteiger partial charge is 0.348 e. The van der Waals surface area contributed by atoms with Crippen molar-refractivity contribution in [3.05, 3.63) is 45.6 Å². The van der Waals surface area contributed by atoms with Crippen molar-refractivity contribution < 1.29 is 18.3 Å². The fourth-order valence-corrected chi connectivity index (χ4v) is 3.91. The zero-order valence-corrected chi connectivity index (χ0v) is 14.5. The van der Waals surface area contributed by atoms with Gasteiger partial charge in [-0.25, -0.2) is 13.2 Å². The van der Waals surface area contributed by atoms with Crippen LogP contribution in [0.3, 0.4) is 0 Å². The molecule has 2 rings (SSSR count). The topological polar surface area (TPSA) is 83.5 Å². The van der Waals surface area contributed by atoms with Crippen molar-refractivity contribution >= 4 is 33.0 Å².